The molecule has 3 fully saturated rings. The Hall–Kier alpha value is -1.10. The maximum absolute atomic E-state index is 13.0. The summed E-state index contributed by atoms with van der Waals surface area (Å²) in [5.41, 5.74) is 1.68. The van der Waals surface area contributed by atoms with Crippen molar-refractivity contribution in [1.82, 2.24) is 10.2 Å². The zero-order chi connectivity index (χ0) is 20.1. The number of carbonyl (C=O) groups excluding carboxylic acids is 3. The fourth-order valence-corrected chi connectivity index (χ4v) is 6.44. The van der Waals surface area contributed by atoms with Crippen LogP contribution in [0, 0.1) is 0 Å². The van der Waals surface area contributed by atoms with E-state index in [1.807, 2.05) is 24.3 Å². The van der Waals surface area contributed by atoms with Crippen LogP contribution >= 0.6 is 11.8 Å². The number of benzene rings is 1. The number of amides is 2. The number of carboxylic acids is 1. The van der Waals surface area contributed by atoms with E-state index < -0.39 is 22.8 Å². The van der Waals surface area contributed by atoms with E-state index in [1.54, 1.807) is 13.8 Å². The number of nitrogens with zero attached hydrogens (tertiary/aromatic N) is 1. The zero-order valence-corrected chi connectivity index (χ0v) is 21.0. The van der Waals surface area contributed by atoms with E-state index in [0.717, 1.165) is 18.4 Å². The third-order valence-electron chi connectivity index (χ3n) is 6.20. The van der Waals surface area contributed by atoms with Crippen LogP contribution in [0.5, 0.6) is 0 Å². The molecule has 2 saturated heterocycles. The standard InChI is InChI=1S/C21H26N2O4S.Na.2H2O/c1-21(2)16(20(26)27)23-18(25)15(19(23)28-21)22-17(24)14-11-7-6-10-13(14)12-8-4-3-5-9-12;;;/h6-7,10-12,15-16,19H,3-5,8-9H2,1-2H3,(H,22,24)(H,26,27);;2*1H2/q;+1;;/p-1. The van der Waals surface area contributed by atoms with Gasteiger partial charge in [0.25, 0.3) is 5.91 Å². The van der Waals surface area contributed by atoms with Crippen molar-refractivity contribution >= 4 is 29.5 Å². The molecule has 3 atom stereocenters. The van der Waals surface area contributed by atoms with Gasteiger partial charge in [-0.1, -0.05) is 37.5 Å². The van der Waals surface area contributed by atoms with Crippen LogP contribution in [0.2, 0.25) is 0 Å². The minimum absolute atomic E-state index is 0. The van der Waals surface area contributed by atoms with Gasteiger partial charge in [0.2, 0.25) is 5.91 Å². The smallest absolute Gasteiger partial charge is 0.548 e. The quantitative estimate of drug-likeness (QED) is 0.375. The Morgan fingerprint density at radius 2 is 1.74 bits per heavy atom. The molecule has 1 saturated carbocycles. The van der Waals surface area contributed by atoms with Crippen LogP contribution in [-0.4, -0.2) is 55.8 Å². The fourth-order valence-electron chi connectivity index (χ4n) is 4.82. The van der Waals surface area contributed by atoms with Gasteiger partial charge in [0.15, 0.2) is 0 Å². The Kier molecular flexibility index (Phi) is 9.62. The Bertz CT molecular complexity index is 830. The van der Waals surface area contributed by atoms with Crippen molar-refractivity contribution in [3.05, 3.63) is 35.4 Å². The van der Waals surface area contributed by atoms with Crippen LogP contribution in [0.25, 0.3) is 0 Å². The van der Waals surface area contributed by atoms with Crippen molar-refractivity contribution in [3.63, 3.8) is 0 Å². The average molecular weight is 461 g/mol. The van der Waals surface area contributed by atoms with Gasteiger partial charge in [-0.3, -0.25) is 9.59 Å². The largest absolute Gasteiger partial charge is 1.00 e. The van der Waals surface area contributed by atoms with Crippen LogP contribution in [0.3, 0.4) is 0 Å². The van der Waals surface area contributed by atoms with Crippen LogP contribution in [0.4, 0.5) is 0 Å². The molecule has 2 heterocycles. The van der Waals surface area contributed by atoms with E-state index in [0.29, 0.717) is 11.5 Å². The van der Waals surface area contributed by atoms with Gasteiger partial charge in [-0.2, -0.15) is 0 Å². The number of aliphatic carboxylic acids is 1. The molecule has 1 aliphatic carbocycles. The summed E-state index contributed by atoms with van der Waals surface area (Å²) < 4.78 is -0.654. The average Bonchev–Trinajstić information content (AvgIpc) is 2.94. The predicted molar refractivity (Wildman–Crippen MR) is 112 cm³/mol. The zero-order valence-electron chi connectivity index (χ0n) is 18.1. The Morgan fingerprint density at radius 3 is 2.35 bits per heavy atom. The molecule has 166 valence electrons. The number of β-lactam (4-membered cyclic amide) rings is 1. The number of carbonyl (C=O) groups is 3. The minimum atomic E-state index is -1.25. The van der Waals surface area contributed by atoms with E-state index in [-0.39, 0.29) is 57.7 Å². The fraction of sp³-hybridized carbons (Fsp3) is 0.571. The minimum Gasteiger partial charge on any atom is -0.548 e. The van der Waals surface area contributed by atoms with E-state index in [9.17, 15) is 19.5 Å². The molecule has 10 heteroatoms. The summed E-state index contributed by atoms with van der Waals surface area (Å²) in [5, 5.41) is 14.0. The number of fused-ring (bicyclic) bond motifs is 1. The van der Waals surface area contributed by atoms with Gasteiger partial charge in [-0.25, -0.2) is 0 Å². The monoisotopic (exact) mass is 460 g/mol. The van der Waals surface area contributed by atoms with Gasteiger partial charge in [0, 0.05) is 10.3 Å². The molecule has 3 unspecified atom stereocenters. The molecule has 0 spiro atoms. The van der Waals surface area contributed by atoms with Gasteiger partial charge in [-0.15, -0.1) is 11.8 Å². The first-order chi connectivity index (χ1) is 13.3. The second kappa shape index (κ2) is 10.7. The molecular formula is C21H29N2NaO6S. The van der Waals surface area contributed by atoms with Crippen molar-refractivity contribution in [2.24, 2.45) is 0 Å². The summed E-state index contributed by atoms with van der Waals surface area (Å²) in [5.74, 6) is -1.47. The Labute approximate surface area is 208 Å². The maximum atomic E-state index is 13.0. The second-order valence-electron chi connectivity index (χ2n) is 8.45. The van der Waals surface area contributed by atoms with E-state index in [4.69, 9.17) is 0 Å². The van der Waals surface area contributed by atoms with Crippen LogP contribution in [0.1, 0.15) is 67.8 Å². The molecule has 8 nitrogen and oxygen atoms in total. The van der Waals surface area contributed by atoms with Crippen LogP contribution in [-0.2, 0) is 9.59 Å². The summed E-state index contributed by atoms with van der Waals surface area (Å²) in [7, 11) is 0. The first kappa shape index (κ1) is 27.9. The van der Waals surface area contributed by atoms with Crippen molar-refractivity contribution < 1.29 is 60.0 Å². The van der Waals surface area contributed by atoms with Gasteiger partial charge in [0.1, 0.15) is 11.4 Å². The number of hydrogen-bond donors (Lipinski definition) is 1. The molecule has 5 N–H and O–H groups in total. The third-order valence-corrected chi connectivity index (χ3v) is 7.77. The predicted octanol–water partition coefficient (Wildman–Crippen LogP) is -3.00. The second-order valence-corrected chi connectivity index (χ2v) is 10.2. The van der Waals surface area contributed by atoms with E-state index >= 15 is 0 Å². The Morgan fingerprint density at radius 1 is 1.13 bits per heavy atom. The van der Waals surface area contributed by atoms with E-state index in [1.165, 1.54) is 35.9 Å². The van der Waals surface area contributed by atoms with Crippen molar-refractivity contribution in [1.29, 1.82) is 0 Å². The van der Waals surface area contributed by atoms with Gasteiger partial charge in [-0.05, 0) is 44.2 Å². The number of rotatable bonds is 4. The number of hydrogen-bond acceptors (Lipinski definition) is 5. The van der Waals surface area contributed by atoms with Gasteiger partial charge < -0.3 is 31.1 Å². The molecule has 3 aliphatic rings. The summed E-state index contributed by atoms with van der Waals surface area (Å²) in [6.07, 6.45) is 5.76. The summed E-state index contributed by atoms with van der Waals surface area (Å²) >= 11 is 1.40. The number of carboxylic acid groups (broad SMARTS) is 1. The molecule has 1 aromatic carbocycles. The summed E-state index contributed by atoms with van der Waals surface area (Å²) in [4.78, 5) is 38.5. The maximum Gasteiger partial charge on any atom is 1.00 e. The molecule has 4 rings (SSSR count). The first-order valence-electron chi connectivity index (χ1n) is 9.92. The third kappa shape index (κ3) is 4.96. The summed E-state index contributed by atoms with van der Waals surface area (Å²) in [6.45, 7) is 3.59. The Balaban J connectivity index is 0.00000160. The first-order valence-corrected chi connectivity index (χ1v) is 10.8. The van der Waals surface area contributed by atoms with E-state index in [2.05, 4.69) is 5.32 Å². The van der Waals surface area contributed by atoms with Crippen molar-refractivity contribution in [3.8, 4) is 0 Å². The molecule has 1 aromatic rings. The molecule has 0 aromatic heterocycles. The van der Waals surface area contributed by atoms with Crippen molar-refractivity contribution in [2.75, 3.05) is 0 Å². The van der Waals surface area contributed by atoms with Gasteiger partial charge >= 0.3 is 29.6 Å². The number of thioether (sulfide) groups is 1. The van der Waals surface area contributed by atoms with Crippen molar-refractivity contribution in [2.45, 2.75) is 74.1 Å². The molecule has 31 heavy (non-hydrogen) atoms. The molecule has 2 aliphatic heterocycles. The summed E-state index contributed by atoms with van der Waals surface area (Å²) in [6, 6.07) is 5.96. The molecular weight excluding hydrogens is 431 g/mol. The van der Waals surface area contributed by atoms with Crippen LogP contribution in [0.15, 0.2) is 24.3 Å². The topological polar surface area (TPSA) is 153 Å². The van der Waals surface area contributed by atoms with Crippen LogP contribution < -0.4 is 40.0 Å². The molecule has 0 bridgehead atoms. The number of nitrogens with one attached hydrogen (secondary N) is 1. The normalized spacial score (nSPS) is 26.3. The molecule has 0 radical (unpaired) electrons. The SMILES string of the molecule is CC1(C)SC2C(NC(=O)c3ccccc3C3CCCCC3)C(=O)N2C1C(=O)[O-].O.O.[Na+]. The molecule has 2 amide bonds. The van der Waals surface area contributed by atoms with Gasteiger partial charge in [0.05, 0.1) is 12.0 Å².